The number of sulfonamides is 1. The Kier molecular flexibility index (Phi) is 4.93. The van der Waals surface area contributed by atoms with Crippen LogP contribution in [0.5, 0.6) is 0 Å². The molecule has 0 aromatic heterocycles. The van der Waals surface area contributed by atoms with Gasteiger partial charge in [-0.15, -0.1) is 0 Å². The van der Waals surface area contributed by atoms with E-state index in [0.717, 1.165) is 31.6 Å². The summed E-state index contributed by atoms with van der Waals surface area (Å²) in [5, 5.41) is 3.43. The lowest BCUT2D eigenvalue weighted by molar-refractivity contribution is -0.0699. The normalized spacial score (nSPS) is 33.1. The van der Waals surface area contributed by atoms with Gasteiger partial charge in [-0.2, -0.15) is 11.8 Å². The molecule has 2 heterocycles. The molecule has 0 amide bonds. The highest BCUT2D eigenvalue weighted by Gasteiger charge is 2.40. The summed E-state index contributed by atoms with van der Waals surface area (Å²) in [6, 6.07) is 0.457. The summed E-state index contributed by atoms with van der Waals surface area (Å²) >= 11 is 1.97. The van der Waals surface area contributed by atoms with Crippen molar-refractivity contribution in [3.8, 4) is 0 Å². The molecule has 2 N–H and O–H groups in total. The maximum absolute atomic E-state index is 10.9. The van der Waals surface area contributed by atoms with E-state index in [1.807, 2.05) is 11.8 Å². The highest BCUT2D eigenvalue weighted by molar-refractivity contribution is 7.99. The van der Waals surface area contributed by atoms with Crippen LogP contribution in [-0.4, -0.2) is 57.5 Å². The summed E-state index contributed by atoms with van der Waals surface area (Å²) in [7, 11) is -3.07. The average molecular weight is 294 g/mol. The van der Waals surface area contributed by atoms with Crippen molar-refractivity contribution in [1.82, 2.24) is 10.0 Å². The van der Waals surface area contributed by atoms with E-state index in [1.54, 1.807) is 0 Å². The Morgan fingerprint density at radius 1 is 1.44 bits per heavy atom. The maximum atomic E-state index is 10.9. The molecule has 2 unspecified atom stereocenters. The molecule has 2 aliphatic rings. The Labute approximate surface area is 113 Å². The van der Waals surface area contributed by atoms with Gasteiger partial charge in [0.2, 0.25) is 10.0 Å². The van der Waals surface area contributed by atoms with Crippen molar-refractivity contribution in [2.45, 2.75) is 30.9 Å². The van der Waals surface area contributed by atoms with Crippen molar-refractivity contribution in [3.63, 3.8) is 0 Å². The smallest absolute Gasteiger partial charge is 0.208 e. The second-order valence-corrected chi connectivity index (χ2v) is 8.08. The van der Waals surface area contributed by atoms with E-state index >= 15 is 0 Å². The molecule has 1 spiro atoms. The van der Waals surface area contributed by atoms with Crippen LogP contribution in [0.15, 0.2) is 0 Å². The Morgan fingerprint density at radius 2 is 2.28 bits per heavy atom. The number of ether oxygens (including phenoxy) is 1. The molecule has 2 rings (SSSR count). The topological polar surface area (TPSA) is 67.4 Å². The first kappa shape index (κ1) is 14.6. The number of rotatable bonds is 5. The molecule has 0 radical (unpaired) electrons. The van der Waals surface area contributed by atoms with Gasteiger partial charge in [-0.05, 0) is 25.0 Å². The molecular weight excluding hydrogens is 272 g/mol. The third kappa shape index (κ3) is 4.38. The molecule has 0 aromatic carbocycles. The van der Waals surface area contributed by atoms with Gasteiger partial charge in [-0.3, -0.25) is 0 Å². The van der Waals surface area contributed by atoms with Crippen molar-refractivity contribution in [2.24, 2.45) is 0 Å². The van der Waals surface area contributed by atoms with Gasteiger partial charge in [0.05, 0.1) is 11.9 Å². The molecule has 7 heteroatoms. The Hall–Kier alpha value is 0.180. The fourth-order valence-electron chi connectivity index (χ4n) is 2.58. The van der Waals surface area contributed by atoms with Crippen molar-refractivity contribution < 1.29 is 13.2 Å². The number of nitrogens with one attached hydrogen (secondary N) is 2. The summed E-state index contributed by atoms with van der Waals surface area (Å²) in [6.45, 7) is 1.95. The lowest BCUT2D eigenvalue weighted by Gasteiger charge is -2.38. The lowest BCUT2D eigenvalue weighted by Crippen LogP contribution is -2.48. The molecule has 2 atom stereocenters. The fourth-order valence-corrected chi connectivity index (χ4v) is 4.43. The molecule has 106 valence electrons. The average Bonchev–Trinajstić information content (AvgIpc) is 2.72. The second-order valence-electron chi connectivity index (χ2n) is 5.14. The highest BCUT2D eigenvalue weighted by atomic mass is 32.2. The molecular formula is C11H22N2O3S2. The zero-order chi connectivity index (χ0) is 13.1. The molecule has 18 heavy (non-hydrogen) atoms. The van der Waals surface area contributed by atoms with Crippen LogP contribution in [0.3, 0.4) is 0 Å². The minimum absolute atomic E-state index is 0.0881. The zero-order valence-electron chi connectivity index (χ0n) is 10.8. The van der Waals surface area contributed by atoms with Gasteiger partial charge in [0.15, 0.2) is 0 Å². The van der Waals surface area contributed by atoms with E-state index < -0.39 is 10.0 Å². The van der Waals surface area contributed by atoms with Gasteiger partial charge in [0.25, 0.3) is 0 Å². The molecule has 2 saturated heterocycles. The predicted octanol–water partition coefficient (Wildman–Crippen LogP) is 0.180. The predicted molar refractivity (Wildman–Crippen MR) is 74.5 cm³/mol. The summed E-state index contributed by atoms with van der Waals surface area (Å²) in [5.74, 6) is 2.30. The van der Waals surface area contributed by atoms with Crippen LogP contribution in [0.2, 0.25) is 0 Å². The number of hydrogen-bond acceptors (Lipinski definition) is 5. The first-order chi connectivity index (χ1) is 8.49. The summed E-state index contributed by atoms with van der Waals surface area (Å²) < 4.78 is 30.3. The van der Waals surface area contributed by atoms with Crippen LogP contribution in [-0.2, 0) is 14.8 Å². The lowest BCUT2D eigenvalue weighted by atomic mass is 9.90. The SMILES string of the molecule is CS(=O)(=O)NCCNC1CCOC2(CCSC2)C1. The Morgan fingerprint density at radius 3 is 2.94 bits per heavy atom. The van der Waals surface area contributed by atoms with Gasteiger partial charge in [0.1, 0.15) is 0 Å². The first-order valence-electron chi connectivity index (χ1n) is 6.39. The highest BCUT2D eigenvalue weighted by Crippen LogP contribution is 2.38. The van der Waals surface area contributed by atoms with Gasteiger partial charge < -0.3 is 10.1 Å². The van der Waals surface area contributed by atoms with Crippen molar-refractivity contribution in [2.75, 3.05) is 37.5 Å². The van der Waals surface area contributed by atoms with E-state index in [1.165, 1.54) is 12.0 Å². The van der Waals surface area contributed by atoms with Crippen LogP contribution in [0.4, 0.5) is 0 Å². The van der Waals surface area contributed by atoms with Crippen molar-refractivity contribution >= 4 is 21.8 Å². The first-order valence-corrected chi connectivity index (χ1v) is 9.43. The summed E-state index contributed by atoms with van der Waals surface area (Å²) in [6.07, 6.45) is 4.41. The van der Waals surface area contributed by atoms with E-state index in [-0.39, 0.29) is 5.60 Å². The molecule has 2 aliphatic heterocycles. The minimum atomic E-state index is -3.07. The number of thioether (sulfide) groups is 1. The van der Waals surface area contributed by atoms with Crippen LogP contribution in [0, 0.1) is 0 Å². The Bertz CT molecular complexity index is 366. The maximum Gasteiger partial charge on any atom is 0.208 e. The minimum Gasteiger partial charge on any atom is -0.374 e. The number of hydrogen-bond donors (Lipinski definition) is 2. The Balaban J connectivity index is 1.70. The molecule has 0 aromatic rings. The molecule has 0 saturated carbocycles. The zero-order valence-corrected chi connectivity index (χ0v) is 12.4. The molecule has 5 nitrogen and oxygen atoms in total. The van der Waals surface area contributed by atoms with Gasteiger partial charge >= 0.3 is 0 Å². The van der Waals surface area contributed by atoms with Crippen LogP contribution < -0.4 is 10.0 Å². The second kappa shape index (κ2) is 6.09. The van der Waals surface area contributed by atoms with Crippen LogP contribution in [0.1, 0.15) is 19.3 Å². The van der Waals surface area contributed by atoms with Crippen LogP contribution in [0.25, 0.3) is 0 Å². The van der Waals surface area contributed by atoms with Gasteiger partial charge in [0, 0.05) is 31.5 Å². The monoisotopic (exact) mass is 294 g/mol. The van der Waals surface area contributed by atoms with E-state index in [4.69, 9.17) is 4.74 Å². The molecule has 0 aliphatic carbocycles. The quantitative estimate of drug-likeness (QED) is 0.708. The summed E-state index contributed by atoms with van der Waals surface area (Å²) in [5.41, 5.74) is 0.0881. The van der Waals surface area contributed by atoms with E-state index in [0.29, 0.717) is 19.1 Å². The van der Waals surface area contributed by atoms with Crippen LogP contribution >= 0.6 is 11.8 Å². The standard InChI is InChI=1S/C11H22N2O3S2/c1-18(14,15)13-5-4-12-10-2-6-16-11(8-10)3-7-17-9-11/h10,12-13H,2-9H2,1H3. The van der Waals surface area contributed by atoms with Gasteiger partial charge in [-0.25, -0.2) is 13.1 Å². The van der Waals surface area contributed by atoms with Crippen molar-refractivity contribution in [1.29, 1.82) is 0 Å². The third-order valence-corrected chi connectivity index (χ3v) is 5.43. The van der Waals surface area contributed by atoms with E-state index in [2.05, 4.69) is 10.0 Å². The largest absolute Gasteiger partial charge is 0.374 e. The summed E-state index contributed by atoms with van der Waals surface area (Å²) in [4.78, 5) is 0. The fraction of sp³-hybridized carbons (Fsp3) is 1.00. The van der Waals surface area contributed by atoms with Gasteiger partial charge in [-0.1, -0.05) is 0 Å². The molecule has 2 fully saturated rings. The molecule has 0 bridgehead atoms. The third-order valence-electron chi connectivity index (χ3n) is 3.48. The van der Waals surface area contributed by atoms with Crippen molar-refractivity contribution in [3.05, 3.63) is 0 Å². The van der Waals surface area contributed by atoms with E-state index in [9.17, 15) is 8.42 Å².